The standard InChI is InChI=1S/C33H36N2O4/c1-23(8-7-13-31(37)34-21-27-11-4-3-10-26(27)20-29(34)22-36)33(39-2)25-14-17-28(18-15-25)35-30-12-6-5-9-24(30)16-19-32(35)38/h3-12,14-15,17-18,23,29,33,36H,13,16,19-22H2,1-2H3/b8-7+/t23-,29+,33+/m1/s1. The molecule has 2 amide bonds. The predicted octanol–water partition coefficient (Wildman–Crippen LogP) is 5.51. The van der Waals surface area contributed by atoms with E-state index < -0.39 is 0 Å². The third-order valence-electron chi connectivity index (χ3n) is 7.92. The van der Waals surface area contributed by atoms with Crippen LogP contribution in [-0.2, 0) is 33.7 Å². The maximum absolute atomic E-state index is 13.1. The van der Waals surface area contributed by atoms with Gasteiger partial charge in [0.1, 0.15) is 0 Å². The number of anilines is 2. The van der Waals surface area contributed by atoms with E-state index in [-0.39, 0.29) is 42.9 Å². The molecule has 2 aliphatic rings. The Kier molecular flexibility index (Phi) is 8.24. The van der Waals surface area contributed by atoms with Crippen molar-refractivity contribution in [1.82, 2.24) is 4.90 Å². The molecule has 3 aromatic rings. The summed E-state index contributed by atoms with van der Waals surface area (Å²) >= 11 is 0. The second-order valence-corrected chi connectivity index (χ2v) is 10.4. The highest BCUT2D eigenvalue weighted by Gasteiger charge is 2.29. The summed E-state index contributed by atoms with van der Waals surface area (Å²) < 4.78 is 5.85. The van der Waals surface area contributed by atoms with Crippen molar-refractivity contribution in [3.63, 3.8) is 0 Å². The number of nitrogens with zero attached hydrogens (tertiary/aromatic N) is 2. The fraction of sp³-hybridized carbons (Fsp3) is 0.333. The molecule has 0 fully saturated rings. The zero-order valence-corrected chi connectivity index (χ0v) is 22.6. The quantitative estimate of drug-likeness (QED) is 0.395. The average Bonchev–Trinajstić information content (AvgIpc) is 2.97. The number of para-hydroxylation sites is 1. The smallest absolute Gasteiger partial charge is 0.231 e. The summed E-state index contributed by atoms with van der Waals surface area (Å²) in [6, 6.07) is 24.0. The molecule has 0 unspecified atom stereocenters. The zero-order chi connectivity index (χ0) is 27.4. The molecule has 0 aromatic heterocycles. The van der Waals surface area contributed by atoms with Crippen molar-refractivity contribution < 1.29 is 19.4 Å². The van der Waals surface area contributed by atoms with Crippen molar-refractivity contribution in [2.24, 2.45) is 5.92 Å². The molecule has 202 valence electrons. The molecule has 0 saturated heterocycles. The van der Waals surface area contributed by atoms with Crippen molar-refractivity contribution >= 4 is 23.2 Å². The SMILES string of the molecule is CO[C@H](c1ccc(N2C(=O)CCc3ccccc32)cc1)[C@H](C)/C=C/CC(=O)N1Cc2ccccc2C[C@H]1CO. The van der Waals surface area contributed by atoms with Crippen molar-refractivity contribution in [2.45, 2.75) is 51.3 Å². The molecule has 6 heteroatoms. The Bertz CT molecular complexity index is 1350. The van der Waals surface area contributed by atoms with E-state index in [1.807, 2.05) is 66.7 Å². The molecule has 39 heavy (non-hydrogen) atoms. The fourth-order valence-corrected chi connectivity index (χ4v) is 5.82. The van der Waals surface area contributed by atoms with Crippen LogP contribution < -0.4 is 4.90 Å². The van der Waals surface area contributed by atoms with Gasteiger partial charge in [-0.1, -0.05) is 73.7 Å². The summed E-state index contributed by atoms with van der Waals surface area (Å²) in [4.78, 5) is 29.4. The molecule has 0 bridgehead atoms. The Balaban J connectivity index is 1.24. The van der Waals surface area contributed by atoms with Gasteiger partial charge in [-0.25, -0.2) is 0 Å². The molecule has 2 aliphatic heterocycles. The molecule has 6 nitrogen and oxygen atoms in total. The number of amides is 2. The van der Waals surface area contributed by atoms with Gasteiger partial charge in [0.15, 0.2) is 0 Å². The van der Waals surface area contributed by atoms with Gasteiger partial charge in [-0.15, -0.1) is 0 Å². The van der Waals surface area contributed by atoms with Crippen LogP contribution in [0.25, 0.3) is 0 Å². The number of carbonyl (C=O) groups is 2. The average molecular weight is 525 g/mol. The Morgan fingerprint density at radius 3 is 2.41 bits per heavy atom. The van der Waals surface area contributed by atoms with Crippen LogP contribution in [0.1, 0.15) is 48.1 Å². The van der Waals surface area contributed by atoms with E-state index in [2.05, 4.69) is 25.1 Å². The number of ether oxygens (including phenoxy) is 1. The van der Waals surface area contributed by atoms with Gasteiger partial charge in [-0.3, -0.25) is 14.5 Å². The van der Waals surface area contributed by atoms with Gasteiger partial charge in [0, 0.05) is 38.1 Å². The molecule has 0 radical (unpaired) electrons. The summed E-state index contributed by atoms with van der Waals surface area (Å²) in [5.74, 6) is 0.143. The molecule has 3 aromatic carbocycles. The number of rotatable bonds is 8. The number of aryl methyl sites for hydroxylation is 1. The summed E-state index contributed by atoms with van der Waals surface area (Å²) in [6.07, 6.45) is 5.96. The van der Waals surface area contributed by atoms with E-state index in [0.717, 1.165) is 28.9 Å². The lowest BCUT2D eigenvalue weighted by Crippen LogP contribution is -2.46. The van der Waals surface area contributed by atoms with Crippen molar-refractivity contribution in [3.05, 3.63) is 107 Å². The van der Waals surface area contributed by atoms with Crippen LogP contribution >= 0.6 is 0 Å². The summed E-state index contributed by atoms with van der Waals surface area (Å²) in [7, 11) is 1.69. The summed E-state index contributed by atoms with van der Waals surface area (Å²) in [5, 5.41) is 9.90. The molecule has 0 aliphatic carbocycles. The van der Waals surface area contributed by atoms with Gasteiger partial charge in [0.2, 0.25) is 11.8 Å². The van der Waals surface area contributed by atoms with Gasteiger partial charge in [-0.2, -0.15) is 0 Å². The van der Waals surface area contributed by atoms with E-state index in [1.54, 1.807) is 16.9 Å². The summed E-state index contributed by atoms with van der Waals surface area (Å²) in [6.45, 7) is 2.55. The largest absolute Gasteiger partial charge is 0.394 e. The Labute approximate surface area is 230 Å². The van der Waals surface area contributed by atoms with E-state index in [9.17, 15) is 14.7 Å². The van der Waals surface area contributed by atoms with Crippen LogP contribution in [0, 0.1) is 5.92 Å². The highest BCUT2D eigenvalue weighted by atomic mass is 16.5. The molecule has 2 heterocycles. The van der Waals surface area contributed by atoms with Crippen molar-refractivity contribution in [1.29, 1.82) is 0 Å². The van der Waals surface area contributed by atoms with Gasteiger partial charge >= 0.3 is 0 Å². The normalized spacial score (nSPS) is 18.5. The second kappa shape index (κ2) is 12.0. The molecule has 0 spiro atoms. The number of aliphatic hydroxyl groups is 1. The number of benzene rings is 3. The van der Waals surface area contributed by atoms with E-state index in [4.69, 9.17) is 4.74 Å². The minimum Gasteiger partial charge on any atom is -0.394 e. The number of methoxy groups -OCH3 is 1. The van der Waals surface area contributed by atoms with Crippen LogP contribution in [0.5, 0.6) is 0 Å². The fourth-order valence-electron chi connectivity index (χ4n) is 5.82. The Morgan fingerprint density at radius 1 is 1.00 bits per heavy atom. The molecule has 1 N–H and O–H groups in total. The topological polar surface area (TPSA) is 70.1 Å². The molecule has 5 rings (SSSR count). The maximum Gasteiger partial charge on any atom is 0.231 e. The van der Waals surface area contributed by atoms with E-state index >= 15 is 0 Å². The molecule has 0 saturated carbocycles. The van der Waals surface area contributed by atoms with Crippen LogP contribution in [-0.4, -0.2) is 41.6 Å². The minimum absolute atomic E-state index is 0.0109. The van der Waals surface area contributed by atoms with Crippen LogP contribution in [0.2, 0.25) is 0 Å². The lowest BCUT2D eigenvalue weighted by Gasteiger charge is -2.36. The number of hydrogen-bond donors (Lipinski definition) is 1. The first-order chi connectivity index (χ1) is 19.0. The first-order valence-corrected chi connectivity index (χ1v) is 13.7. The van der Waals surface area contributed by atoms with Gasteiger partial charge in [0.05, 0.1) is 24.4 Å². The van der Waals surface area contributed by atoms with Gasteiger partial charge in [0.25, 0.3) is 0 Å². The number of fused-ring (bicyclic) bond motifs is 2. The summed E-state index contributed by atoms with van der Waals surface area (Å²) in [5.41, 5.74) is 6.34. The maximum atomic E-state index is 13.1. The first-order valence-electron chi connectivity index (χ1n) is 13.7. The minimum atomic E-state index is -0.193. The van der Waals surface area contributed by atoms with E-state index in [1.165, 1.54) is 11.1 Å². The monoisotopic (exact) mass is 524 g/mol. The highest BCUT2D eigenvalue weighted by Crippen LogP contribution is 2.35. The Morgan fingerprint density at radius 2 is 1.69 bits per heavy atom. The van der Waals surface area contributed by atoms with Gasteiger partial charge in [-0.05, 0) is 53.3 Å². The Hall–Kier alpha value is -3.74. The van der Waals surface area contributed by atoms with Crippen molar-refractivity contribution in [2.75, 3.05) is 18.6 Å². The first kappa shape index (κ1) is 26.9. The number of hydrogen-bond acceptors (Lipinski definition) is 4. The molecular formula is C33H36N2O4. The van der Waals surface area contributed by atoms with Gasteiger partial charge < -0.3 is 14.7 Å². The zero-order valence-electron chi connectivity index (χ0n) is 22.6. The molecular weight excluding hydrogens is 488 g/mol. The second-order valence-electron chi connectivity index (χ2n) is 10.4. The lowest BCUT2D eigenvalue weighted by atomic mass is 9.93. The number of carbonyl (C=O) groups excluding carboxylic acids is 2. The van der Waals surface area contributed by atoms with Crippen LogP contribution in [0.4, 0.5) is 11.4 Å². The molecule has 3 atom stereocenters. The third kappa shape index (κ3) is 5.68. The van der Waals surface area contributed by atoms with E-state index in [0.29, 0.717) is 19.4 Å². The van der Waals surface area contributed by atoms with Crippen molar-refractivity contribution in [3.8, 4) is 0 Å². The third-order valence-corrected chi connectivity index (χ3v) is 7.92. The van der Waals surface area contributed by atoms with Crippen LogP contribution in [0.3, 0.4) is 0 Å². The van der Waals surface area contributed by atoms with Crippen LogP contribution in [0.15, 0.2) is 84.9 Å². The number of aliphatic hydroxyl groups excluding tert-OH is 1. The predicted molar refractivity (Wildman–Crippen MR) is 153 cm³/mol. The highest BCUT2D eigenvalue weighted by molar-refractivity contribution is 6.03. The lowest BCUT2D eigenvalue weighted by molar-refractivity contribution is -0.134.